The van der Waals surface area contributed by atoms with Gasteiger partial charge in [0.1, 0.15) is 10.8 Å². The molecule has 0 radical (unpaired) electrons. The van der Waals surface area contributed by atoms with E-state index in [0.717, 1.165) is 11.3 Å². The molecule has 0 saturated heterocycles. The standard InChI is InChI=1S/C10H6ClFN2O2S/c11-6-2-1-5(3-7(6)12)14-9-8(10(15)16)13-4-17-9/h1-4,14H,(H,15,16). The molecule has 0 unspecified atom stereocenters. The summed E-state index contributed by atoms with van der Waals surface area (Å²) in [6, 6.07) is 4.13. The Labute approximate surface area is 105 Å². The molecule has 0 aliphatic heterocycles. The number of halogens is 2. The second kappa shape index (κ2) is 4.68. The second-order valence-electron chi connectivity index (χ2n) is 3.09. The second-order valence-corrected chi connectivity index (χ2v) is 4.35. The maximum atomic E-state index is 13.2. The number of rotatable bonds is 3. The number of nitrogens with one attached hydrogen (secondary N) is 1. The van der Waals surface area contributed by atoms with Gasteiger partial charge in [0.2, 0.25) is 0 Å². The Hall–Kier alpha value is -1.66. The Morgan fingerprint density at radius 1 is 1.53 bits per heavy atom. The van der Waals surface area contributed by atoms with Crippen molar-refractivity contribution < 1.29 is 14.3 Å². The largest absolute Gasteiger partial charge is 0.476 e. The van der Waals surface area contributed by atoms with Gasteiger partial charge in [0.05, 0.1) is 10.5 Å². The number of aromatic carboxylic acids is 1. The van der Waals surface area contributed by atoms with E-state index in [9.17, 15) is 9.18 Å². The highest BCUT2D eigenvalue weighted by Crippen LogP contribution is 2.26. The van der Waals surface area contributed by atoms with Crippen molar-refractivity contribution in [1.29, 1.82) is 0 Å². The zero-order chi connectivity index (χ0) is 12.4. The Morgan fingerprint density at radius 2 is 2.29 bits per heavy atom. The van der Waals surface area contributed by atoms with Gasteiger partial charge < -0.3 is 10.4 Å². The first kappa shape index (κ1) is 11.8. The summed E-state index contributed by atoms with van der Waals surface area (Å²) in [6.45, 7) is 0. The van der Waals surface area contributed by atoms with Crippen molar-refractivity contribution in [2.75, 3.05) is 5.32 Å². The molecule has 17 heavy (non-hydrogen) atoms. The lowest BCUT2D eigenvalue weighted by Crippen LogP contribution is -2.01. The minimum atomic E-state index is -1.14. The summed E-state index contributed by atoms with van der Waals surface area (Å²) < 4.78 is 13.2. The summed E-state index contributed by atoms with van der Waals surface area (Å²) in [5.74, 6) is -1.71. The fourth-order valence-corrected chi connectivity index (χ4v) is 2.00. The number of nitrogens with zero attached hydrogens (tertiary/aromatic N) is 1. The zero-order valence-corrected chi connectivity index (χ0v) is 9.85. The molecule has 4 nitrogen and oxygen atoms in total. The molecule has 2 rings (SSSR count). The van der Waals surface area contributed by atoms with Crippen molar-refractivity contribution in [3.05, 3.63) is 40.2 Å². The molecule has 0 atom stereocenters. The van der Waals surface area contributed by atoms with E-state index in [1.54, 1.807) is 6.07 Å². The van der Waals surface area contributed by atoms with E-state index in [2.05, 4.69) is 10.3 Å². The third-order valence-electron chi connectivity index (χ3n) is 1.95. The third-order valence-corrected chi connectivity index (χ3v) is 3.00. The highest BCUT2D eigenvalue weighted by Gasteiger charge is 2.13. The molecule has 0 saturated carbocycles. The van der Waals surface area contributed by atoms with Gasteiger partial charge in [-0.15, -0.1) is 11.3 Å². The van der Waals surface area contributed by atoms with Gasteiger partial charge in [-0.05, 0) is 18.2 Å². The van der Waals surface area contributed by atoms with Crippen LogP contribution in [0.15, 0.2) is 23.7 Å². The summed E-state index contributed by atoms with van der Waals surface area (Å²) in [5, 5.41) is 12.0. The Balaban J connectivity index is 2.28. The number of hydrogen-bond acceptors (Lipinski definition) is 4. The van der Waals surface area contributed by atoms with Crippen LogP contribution >= 0.6 is 22.9 Å². The van der Waals surface area contributed by atoms with Crippen LogP contribution in [0.4, 0.5) is 15.1 Å². The number of carboxylic acids is 1. The first-order chi connectivity index (χ1) is 8.08. The zero-order valence-electron chi connectivity index (χ0n) is 8.28. The van der Waals surface area contributed by atoms with E-state index in [0.29, 0.717) is 10.7 Å². The van der Waals surface area contributed by atoms with Gasteiger partial charge in [-0.2, -0.15) is 0 Å². The van der Waals surface area contributed by atoms with Crippen LogP contribution in [-0.4, -0.2) is 16.1 Å². The summed E-state index contributed by atoms with van der Waals surface area (Å²) in [6.07, 6.45) is 0. The summed E-state index contributed by atoms with van der Waals surface area (Å²) >= 11 is 6.66. The monoisotopic (exact) mass is 272 g/mol. The van der Waals surface area contributed by atoms with Gasteiger partial charge >= 0.3 is 5.97 Å². The first-order valence-corrected chi connectivity index (χ1v) is 5.72. The first-order valence-electron chi connectivity index (χ1n) is 4.47. The Bertz CT molecular complexity index is 573. The van der Waals surface area contributed by atoms with Crippen LogP contribution in [-0.2, 0) is 0 Å². The van der Waals surface area contributed by atoms with Crippen molar-refractivity contribution in [3.8, 4) is 0 Å². The van der Waals surface area contributed by atoms with Crippen LogP contribution in [0.5, 0.6) is 0 Å². The number of aromatic nitrogens is 1. The number of carboxylic acid groups (broad SMARTS) is 1. The molecule has 7 heteroatoms. The molecular formula is C10H6ClFN2O2S. The normalized spacial score (nSPS) is 10.2. The number of carbonyl (C=O) groups is 1. The smallest absolute Gasteiger partial charge is 0.357 e. The molecule has 1 aromatic carbocycles. The highest BCUT2D eigenvalue weighted by molar-refractivity contribution is 7.14. The lowest BCUT2D eigenvalue weighted by atomic mass is 10.3. The Morgan fingerprint density at radius 3 is 2.94 bits per heavy atom. The molecular weight excluding hydrogens is 267 g/mol. The minimum Gasteiger partial charge on any atom is -0.476 e. The van der Waals surface area contributed by atoms with Crippen LogP contribution in [0.2, 0.25) is 5.02 Å². The number of hydrogen-bond donors (Lipinski definition) is 2. The lowest BCUT2D eigenvalue weighted by Gasteiger charge is -2.04. The molecule has 0 spiro atoms. The number of thiazole rings is 1. The molecule has 0 amide bonds. The quantitative estimate of drug-likeness (QED) is 0.899. The van der Waals surface area contributed by atoms with Gasteiger partial charge in [0, 0.05) is 5.69 Å². The van der Waals surface area contributed by atoms with Crippen LogP contribution in [0, 0.1) is 5.82 Å². The summed E-state index contributed by atoms with van der Waals surface area (Å²) in [7, 11) is 0. The average molecular weight is 273 g/mol. The van der Waals surface area contributed by atoms with Crippen molar-refractivity contribution in [2.45, 2.75) is 0 Å². The van der Waals surface area contributed by atoms with E-state index >= 15 is 0 Å². The number of benzene rings is 1. The molecule has 2 aromatic rings. The summed E-state index contributed by atoms with van der Waals surface area (Å²) in [4.78, 5) is 14.5. The molecule has 1 aromatic heterocycles. The maximum Gasteiger partial charge on any atom is 0.357 e. The fraction of sp³-hybridized carbons (Fsp3) is 0. The van der Waals surface area contributed by atoms with Gasteiger partial charge in [-0.25, -0.2) is 14.2 Å². The van der Waals surface area contributed by atoms with Crippen LogP contribution < -0.4 is 5.32 Å². The van der Waals surface area contributed by atoms with Crippen molar-refractivity contribution in [3.63, 3.8) is 0 Å². The fourth-order valence-electron chi connectivity index (χ4n) is 1.19. The van der Waals surface area contributed by atoms with Crippen molar-refractivity contribution in [1.82, 2.24) is 4.98 Å². The van der Waals surface area contributed by atoms with Gasteiger partial charge in [0.25, 0.3) is 0 Å². The SMILES string of the molecule is O=C(O)c1ncsc1Nc1ccc(Cl)c(F)c1. The topological polar surface area (TPSA) is 62.2 Å². The highest BCUT2D eigenvalue weighted by atomic mass is 35.5. The van der Waals surface area contributed by atoms with Crippen molar-refractivity contribution >= 4 is 39.6 Å². The predicted octanol–water partition coefficient (Wildman–Crippen LogP) is 3.38. The van der Waals surface area contributed by atoms with E-state index in [1.807, 2.05) is 0 Å². The van der Waals surface area contributed by atoms with Gasteiger partial charge in [-0.1, -0.05) is 11.6 Å². The molecule has 2 N–H and O–H groups in total. The minimum absolute atomic E-state index is 0.0123. The maximum absolute atomic E-state index is 13.2. The number of anilines is 2. The van der Waals surface area contributed by atoms with E-state index < -0.39 is 11.8 Å². The van der Waals surface area contributed by atoms with Gasteiger partial charge in [0.15, 0.2) is 5.69 Å². The van der Waals surface area contributed by atoms with Gasteiger partial charge in [-0.3, -0.25) is 0 Å². The van der Waals surface area contributed by atoms with Crippen LogP contribution in [0.25, 0.3) is 0 Å². The van der Waals surface area contributed by atoms with Crippen LogP contribution in [0.1, 0.15) is 10.5 Å². The van der Waals surface area contributed by atoms with E-state index in [-0.39, 0.29) is 10.7 Å². The molecule has 0 bridgehead atoms. The molecule has 0 fully saturated rings. The third kappa shape index (κ3) is 2.54. The van der Waals surface area contributed by atoms with Crippen molar-refractivity contribution in [2.24, 2.45) is 0 Å². The molecule has 88 valence electrons. The summed E-state index contributed by atoms with van der Waals surface area (Å²) in [5.41, 5.74) is 1.72. The lowest BCUT2D eigenvalue weighted by molar-refractivity contribution is 0.0692. The van der Waals surface area contributed by atoms with E-state index in [1.165, 1.54) is 17.6 Å². The predicted molar refractivity (Wildman–Crippen MR) is 63.8 cm³/mol. The molecule has 1 heterocycles. The van der Waals surface area contributed by atoms with E-state index in [4.69, 9.17) is 16.7 Å². The van der Waals surface area contributed by atoms with Crippen LogP contribution in [0.3, 0.4) is 0 Å². The Kier molecular flexibility index (Phi) is 3.26. The molecule has 0 aliphatic carbocycles. The molecule has 0 aliphatic rings. The average Bonchev–Trinajstić information content (AvgIpc) is 2.72.